The van der Waals surface area contributed by atoms with E-state index in [1.165, 1.54) is 0 Å². The molecule has 0 aliphatic carbocycles. The van der Waals surface area contributed by atoms with E-state index in [9.17, 15) is 4.79 Å². The second-order valence-corrected chi connectivity index (χ2v) is 4.05. The molecule has 0 N–H and O–H groups in total. The average Bonchev–Trinajstić information content (AvgIpc) is 2.46. The molecule has 2 rings (SSSR count). The minimum Gasteiger partial charge on any atom is -0.465 e. The normalized spacial score (nSPS) is 10.2. The summed E-state index contributed by atoms with van der Waals surface area (Å²) in [4.78, 5) is 14.9. The summed E-state index contributed by atoms with van der Waals surface area (Å²) in [6.07, 6.45) is 0.680. The van der Waals surface area contributed by atoms with Crippen LogP contribution < -0.4 is 4.74 Å². The topological polar surface area (TPSA) is 48.4 Å². The molecule has 0 saturated carbocycles. The molecule has 0 radical (unpaired) electrons. The van der Waals surface area contributed by atoms with E-state index in [0.717, 1.165) is 11.3 Å². The molecule has 0 amide bonds. The first-order valence-corrected chi connectivity index (χ1v) is 5.97. The minimum absolute atomic E-state index is 0.0838. The third-order valence-electron chi connectivity index (χ3n) is 2.55. The van der Waals surface area contributed by atoms with Crippen LogP contribution in [0, 0.1) is 6.92 Å². The highest BCUT2D eigenvalue weighted by molar-refractivity contribution is 5.76. The van der Waals surface area contributed by atoms with Gasteiger partial charge in [-0.05, 0) is 24.6 Å². The Morgan fingerprint density at radius 3 is 2.68 bits per heavy atom. The minimum atomic E-state index is 0.0838. The molecule has 0 aliphatic heterocycles. The predicted octanol–water partition coefficient (Wildman–Crippen LogP) is 2.76. The maximum absolute atomic E-state index is 10.9. The smallest absolute Gasteiger partial charge is 0.189 e. The first-order chi connectivity index (χ1) is 9.29. The summed E-state index contributed by atoms with van der Waals surface area (Å²) in [5.41, 5.74) is 2.15. The number of hydrogen-bond acceptors (Lipinski definition) is 4. The SMILES string of the molecule is Cc1ccc(OCOCc2ccccc2)c(C=O)n1. The number of ether oxygens (including phenoxy) is 2. The zero-order chi connectivity index (χ0) is 13.5. The number of aldehydes is 1. The van der Waals surface area contributed by atoms with Crippen LogP contribution in [0.1, 0.15) is 21.7 Å². The molecule has 1 aromatic carbocycles. The Kier molecular flexibility index (Phi) is 4.64. The molecule has 0 bridgehead atoms. The van der Waals surface area contributed by atoms with Crippen LogP contribution >= 0.6 is 0 Å². The largest absolute Gasteiger partial charge is 0.465 e. The number of carbonyl (C=O) groups excluding carboxylic acids is 1. The fourth-order valence-corrected chi connectivity index (χ4v) is 1.61. The van der Waals surface area contributed by atoms with Gasteiger partial charge in [-0.1, -0.05) is 30.3 Å². The van der Waals surface area contributed by atoms with E-state index in [-0.39, 0.29) is 6.79 Å². The molecular formula is C15H15NO3. The van der Waals surface area contributed by atoms with Crippen LogP contribution in [-0.2, 0) is 11.3 Å². The van der Waals surface area contributed by atoms with Crippen LogP contribution in [0.5, 0.6) is 5.75 Å². The molecule has 1 heterocycles. The molecule has 0 fully saturated rings. The Balaban J connectivity index is 1.84. The fourth-order valence-electron chi connectivity index (χ4n) is 1.61. The summed E-state index contributed by atoms with van der Waals surface area (Å²) in [5, 5.41) is 0. The van der Waals surface area contributed by atoms with Crippen LogP contribution in [0.4, 0.5) is 0 Å². The lowest BCUT2D eigenvalue weighted by atomic mass is 10.2. The first-order valence-electron chi connectivity index (χ1n) is 5.97. The van der Waals surface area contributed by atoms with E-state index < -0.39 is 0 Å². The summed E-state index contributed by atoms with van der Waals surface area (Å²) < 4.78 is 10.8. The molecule has 4 heteroatoms. The van der Waals surface area contributed by atoms with Gasteiger partial charge in [-0.3, -0.25) is 4.79 Å². The Morgan fingerprint density at radius 1 is 1.16 bits per heavy atom. The van der Waals surface area contributed by atoms with Gasteiger partial charge in [0.2, 0.25) is 0 Å². The van der Waals surface area contributed by atoms with E-state index in [0.29, 0.717) is 24.3 Å². The highest BCUT2D eigenvalue weighted by Crippen LogP contribution is 2.15. The highest BCUT2D eigenvalue weighted by atomic mass is 16.7. The van der Waals surface area contributed by atoms with Crippen molar-refractivity contribution in [3.8, 4) is 5.75 Å². The van der Waals surface area contributed by atoms with E-state index in [4.69, 9.17) is 9.47 Å². The number of pyridine rings is 1. The van der Waals surface area contributed by atoms with Gasteiger partial charge >= 0.3 is 0 Å². The Bertz CT molecular complexity index is 540. The van der Waals surface area contributed by atoms with Gasteiger partial charge in [-0.2, -0.15) is 0 Å². The van der Waals surface area contributed by atoms with Gasteiger partial charge in [0.25, 0.3) is 0 Å². The zero-order valence-electron chi connectivity index (χ0n) is 10.7. The van der Waals surface area contributed by atoms with Gasteiger partial charge in [-0.25, -0.2) is 4.98 Å². The van der Waals surface area contributed by atoms with Crippen molar-refractivity contribution in [1.82, 2.24) is 4.98 Å². The number of carbonyl (C=O) groups is 1. The monoisotopic (exact) mass is 257 g/mol. The van der Waals surface area contributed by atoms with Crippen molar-refractivity contribution in [2.24, 2.45) is 0 Å². The van der Waals surface area contributed by atoms with Gasteiger partial charge in [0.15, 0.2) is 18.8 Å². The summed E-state index contributed by atoms with van der Waals surface area (Å²) in [7, 11) is 0. The van der Waals surface area contributed by atoms with Crippen molar-refractivity contribution >= 4 is 6.29 Å². The van der Waals surface area contributed by atoms with Crippen molar-refractivity contribution in [3.05, 3.63) is 59.4 Å². The van der Waals surface area contributed by atoms with E-state index in [2.05, 4.69) is 4.98 Å². The van der Waals surface area contributed by atoms with Crippen molar-refractivity contribution in [1.29, 1.82) is 0 Å². The Labute approximate surface area is 112 Å². The summed E-state index contributed by atoms with van der Waals surface area (Å²) in [5.74, 6) is 0.439. The number of benzene rings is 1. The summed E-state index contributed by atoms with van der Waals surface area (Å²) >= 11 is 0. The molecule has 98 valence electrons. The lowest BCUT2D eigenvalue weighted by molar-refractivity contribution is 0.00454. The van der Waals surface area contributed by atoms with Crippen LogP contribution in [0.3, 0.4) is 0 Å². The lowest BCUT2D eigenvalue weighted by Crippen LogP contribution is -2.05. The van der Waals surface area contributed by atoms with Gasteiger partial charge in [0, 0.05) is 5.69 Å². The summed E-state index contributed by atoms with van der Waals surface area (Å²) in [6, 6.07) is 13.3. The maximum Gasteiger partial charge on any atom is 0.189 e. The third kappa shape index (κ3) is 3.89. The molecule has 2 aromatic rings. The van der Waals surface area contributed by atoms with Crippen molar-refractivity contribution < 1.29 is 14.3 Å². The average molecular weight is 257 g/mol. The van der Waals surface area contributed by atoms with Crippen LogP contribution in [0.25, 0.3) is 0 Å². The molecule has 19 heavy (non-hydrogen) atoms. The van der Waals surface area contributed by atoms with Gasteiger partial charge in [-0.15, -0.1) is 0 Å². The second-order valence-electron chi connectivity index (χ2n) is 4.05. The number of rotatable bonds is 6. The number of nitrogens with zero attached hydrogens (tertiary/aromatic N) is 1. The fraction of sp³-hybridized carbons (Fsp3) is 0.200. The maximum atomic E-state index is 10.9. The Hall–Kier alpha value is -2.20. The lowest BCUT2D eigenvalue weighted by Gasteiger charge is -2.09. The third-order valence-corrected chi connectivity index (χ3v) is 2.55. The molecular weight excluding hydrogens is 242 g/mol. The molecule has 0 spiro atoms. The summed E-state index contributed by atoms with van der Waals surface area (Å²) in [6.45, 7) is 2.37. The van der Waals surface area contributed by atoms with Crippen molar-refractivity contribution in [2.45, 2.75) is 13.5 Å². The van der Waals surface area contributed by atoms with E-state index in [1.54, 1.807) is 12.1 Å². The van der Waals surface area contributed by atoms with Gasteiger partial charge in [0.1, 0.15) is 5.69 Å². The van der Waals surface area contributed by atoms with Crippen molar-refractivity contribution in [3.63, 3.8) is 0 Å². The van der Waals surface area contributed by atoms with Gasteiger partial charge in [0.05, 0.1) is 6.61 Å². The van der Waals surface area contributed by atoms with Crippen LogP contribution in [0.2, 0.25) is 0 Å². The number of aromatic nitrogens is 1. The van der Waals surface area contributed by atoms with Crippen LogP contribution in [-0.4, -0.2) is 18.1 Å². The van der Waals surface area contributed by atoms with E-state index >= 15 is 0 Å². The molecule has 0 aliphatic rings. The molecule has 0 saturated heterocycles. The quantitative estimate of drug-likeness (QED) is 0.453. The number of hydrogen-bond donors (Lipinski definition) is 0. The molecule has 0 atom stereocenters. The van der Waals surface area contributed by atoms with Crippen LogP contribution in [0.15, 0.2) is 42.5 Å². The predicted molar refractivity (Wildman–Crippen MR) is 71.1 cm³/mol. The van der Waals surface area contributed by atoms with Crippen molar-refractivity contribution in [2.75, 3.05) is 6.79 Å². The zero-order valence-corrected chi connectivity index (χ0v) is 10.7. The highest BCUT2D eigenvalue weighted by Gasteiger charge is 2.04. The standard InChI is InChI=1S/C15H15NO3/c1-12-7-8-15(14(9-17)16-12)19-11-18-10-13-5-3-2-4-6-13/h2-9H,10-11H2,1H3. The Morgan fingerprint density at radius 2 is 1.95 bits per heavy atom. The number of aryl methyl sites for hydroxylation is 1. The molecule has 1 aromatic heterocycles. The first kappa shape index (κ1) is 13.2. The van der Waals surface area contributed by atoms with Gasteiger partial charge < -0.3 is 9.47 Å². The van der Waals surface area contributed by atoms with E-state index in [1.807, 2.05) is 37.3 Å². The molecule has 0 unspecified atom stereocenters. The molecule has 4 nitrogen and oxygen atoms in total. The second kappa shape index (κ2) is 6.66.